The van der Waals surface area contributed by atoms with Crippen LogP contribution in [-0.2, 0) is 9.84 Å². The van der Waals surface area contributed by atoms with Crippen molar-refractivity contribution in [2.24, 2.45) is 0 Å². The van der Waals surface area contributed by atoms with Gasteiger partial charge in [-0.2, -0.15) is 0 Å². The normalized spacial score (nSPS) is 27.1. The van der Waals surface area contributed by atoms with Crippen LogP contribution in [0.1, 0.15) is 40.5 Å². The molecule has 5 heteroatoms. The van der Waals surface area contributed by atoms with E-state index in [0.29, 0.717) is 6.04 Å². The van der Waals surface area contributed by atoms with Crippen molar-refractivity contribution in [3.63, 3.8) is 0 Å². The van der Waals surface area contributed by atoms with Gasteiger partial charge in [0.25, 0.3) is 0 Å². The highest BCUT2D eigenvalue weighted by Gasteiger charge is 2.37. The Balaban J connectivity index is 2.79. The quantitative estimate of drug-likeness (QED) is 0.821. The fourth-order valence-corrected chi connectivity index (χ4v) is 3.96. The third-order valence-corrected chi connectivity index (χ3v) is 5.38. The Bertz CT molecular complexity index is 363. The lowest BCUT2D eigenvalue weighted by Crippen LogP contribution is -2.65. The van der Waals surface area contributed by atoms with Gasteiger partial charge < -0.3 is 5.32 Å². The van der Waals surface area contributed by atoms with Crippen LogP contribution in [0.15, 0.2) is 0 Å². The number of piperazine rings is 1. The molecule has 0 aromatic carbocycles. The van der Waals surface area contributed by atoms with Crippen LogP contribution in [0.5, 0.6) is 0 Å². The van der Waals surface area contributed by atoms with E-state index in [1.165, 1.54) is 6.26 Å². The summed E-state index contributed by atoms with van der Waals surface area (Å²) in [4.78, 5) is 2.35. The maximum absolute atomic E-state index is 11.4. The standard InChI is InChI=1S/C13H28N2O2S/c1-6-13(7-2)10-15(11(3)8-14-13)12(4)9-18(5,16)17/h11-12,14H,6-10H2,1-5H3. The highest BCUT2D eigenvalue weighted by Crippen LogP contribution is 2.24. The van der Waals surface area contributed by atoms with E-state index in [4.69, 9.17) is 0 Å². The van der Waals surface area contributed by atoms with E-state index in [0.717, 1.165) is 25.9 Å². The van der Waals surface area contributed by atoms with Crippen molar-refractivity contribution in [1.29, 1.82) is 0 Å². The summed E-state index contributed by atoms with van der Waals surface area (Å²) in [5.74, 6) is 0.251. The molecule has 1 aliphatic rings. The fraction of sp³-hybridized carbons (Fsp3) is 1.00. The fourth-order valence-electron chi connectivity index (χ4n) is 2.89. The monoisotopic (exact) mass is 276 g/mol. The predicted octanol–water partition coefficient (Wildman–Crippen LogP) is 1.27. The number of sulfone groups is 1. The molecule has 108 valence electrons. The van der Waals surface area contributed by atoms with Crippen LogP contribution in [0, 0.1) is 0 Å². The summed E-state index contributed by atoms with van der Waals surface area (Å²) < 4.78 is 22.9. The number of nitrogens with zero attached hydrogens (tertiary/aromatic N) is 1. The molecular formula is C13H28N2O2S. The molecule has 1 saturated heterocycles. The molecule has 2 unspecified atom stereocenters. The van der Waals surface area contributed by atoms with Gasteiger partial charge in [-0.05, 0) is 26.7 Å². The molecule has 0 spiro atoms. The van der Waals surface area contributed by atoms with Crippen molar-refractivity contribution in [2.75, 3.05) is 25.1 Å². The predicted molar refractivity (Wildman–Crippen MR) is 76.7 cm³/mol. The number of hydrogen-bond acceptors (Lipinski definition) is 4. The summed E-state index contributed by atoms with van der Waals surface area (Å²) in [6.07, 6.45) is 3.49. The lowest BCUT2D eigenvalue weighted by atomic mass is 9.88. The molecule has 0 saturated carbocycles. The van der Waals surface area contributed by atoms with Gasteiger partial charge >= 0.3 is 0 Å². The van der Waals surface area contributed by atoms with Crippen LogP contribution < -0.4 is 5.32 Å². The zero-order chi connectivity index (χ0) is 14.0. The van der Waals surface area contributed by atoms with Crippen LogP contribution in [0.3, 0.4) is 0 Å². The van der Waals surface area contributed by atoms with Gasteiger partial charge in [0.1, 0.15) is 9.84 Å². The lowest BCUT2D eigenvalue weighted by Gasteiger charge is -2.48. The van der Waals surface area contributed by atoms with Gasteiger partial charge in [0.15, 0.2) is 0 Å². The minimum absolute atomic E-state index is 0.0922. The number of nitrogens with one attached hydrogen (secondary N) is 1. The van der Waals surface area contributed by atoms with Crippen molar-refractivity contribution in [3.05, 3.63) is 0 Å². The van der Waals surface area contributed by atoms with Crippen LogP contribution in [0.25, 0.3) is 0 Å². The van der Waals surface area contributed by atoms with Crippen molar-refractivity contribution in [2.45, 2.75) is 58.2 Å². The second-order valence-corrected chi connectivity index (χ2v) is 8.02. The Labute approximate surface area is 112 Å². The van der Waals surface area contributed by atoms with Gasteiger partial charge in [0.05, 0.1) is 5.75 Å². The Hall–Kier alpha value is -0.130. The van der Waals surface area contributed by atoms with Crippen molar-refractivity contribution >= 4 is 9.84 Å². The Morgan fingerprint density at radius 1 is 1.39 bits per heavy atom. The molecule has 0 radical (unpaired) electrons. The molecule has 4 nitrogen and oxygen atoms in total. The minimum Gasteiger partial charge on any atom is -0.308 e. The van der Waals surface area contributed by atoms with E-state index in [1.54, 1.807) is 0 Å². The molecule has 1 heterocycles. The molecular weight excluding hydrogens is 248 g/mol. The zero-order valence-electron chi connectivity index (χ0n) is 12.4. The third-order valence-electron chi connectivity index (χ3n) is 4.29. The average Bonchev–Trinajstić information content (AvgIpc) is 2.28. The van der Waals surface area contributed by atoms with Crippen LogP contribution >= 0.6 is 0 Å². The summed E-state index contributed by atoms with van der Waals surface area (Å²) in [6, 6.07) is 0.488. The summed E-state index contributed by atoms with van der Waals surface area (Å²) >= 11 is 0. The van der Waals surface area contributed by atoms with Gasteiger partial charge in [-0.25, -0.2) is 8.42 Å². The molecule has 0 aliphatic carbocycles. The SMILES string of the molecule is CCC1(CC)CN(C(C)CS(C)(=O)=O)C(C)CN1. The van der Waals surface area contributed by atoms with Crippen LogP contribution in [0.4, 0.5) is 0 Å². The maximum Gasteiger partial charge on any atom is 0.148 e. The van der Waals surface area contributed by atoms with E-state index in [-0.39, 0.29) is 17.3 Å². The van der Waals surface area contributed by atoms with Crippen molar-refractivity contribution in [3.8, 4) is 0 Å². The van der Waals surface area contributed by atoms with Crippen LogP contribution in [0.2, 0.25) is 0 Å². The molecule has 0 bridgehead atoms. The lowest BCUT2D eigenvalue weighted by molar-refractivity contribution is 0.0571. The first-order valence-electron chi connectivity index (χ1n) is 6.91. The topological polar surface area (TPSA) is 49.4 Å². The van der Waals surface area contributed by atoms with Gasteiger partial charge in [0, 0.05) is 37.0 Å². The first kappa shape index (κ1) is 15.9. The number of rotatable bonds is 5. The Kier molecular flexibility index (Phi) is 5.21. The Morgan fingerprint density at radius 2 is 1.94 bits per heavy atom. The molecule has 18 heavy (non-hydrogen) atoms. The molecule has 0 amide bonds. The number of hydrogen-bond donors (Lipinski definition) is 1. The van der Waals surface area contributed by atoms with Crippen molar-refractivity contribution < 1.29 is 8.42 Å². The van der Waals surface area contributed by atoms with E-state index in [1.807, 2.05) is 6.92 Å². The highest BCUT2D eigenvalue weighted by molar-refractivity contribution is 7.90. The summed E-state index contributed by atoms with van der Waals surface area (Å²) in [5.41, 5.74) is 0.151. The summed E-state index contributed by atoms with van der Waals surface area (Å²) in [5, 5.41) is 3.64. The van der Waals surface area contributed by atoms with Gasteiger partial charge in [-0.1, -0.05) is 13.8 Å². The van der Waals surface area contributed by atoms with E-state index >= 15 is 0 Å². The van der Waals surface area contributed by atoms with E-state index in [9.17, 15) is 8.42 Å². The molecule has 1 fully saturated rings. The van der Waals surface area contributed by atoms with E-state index < -0.39 is 9.84 Å². The molecule has 0 aromatic heterocycles. The molecule has 1 N–H and O–H groups in total. The van der Waals surface area contributed by atoms with Gasteiger partial charge in [-0.3, -0.25) is 4.90 Å². The van der Waals surface area contributed by atoms with Gasteiger partial charge in [0.2, 0.25) is 0 Å². The van der Waals surface area contributed by atoms with Crippen molar-refractivity contribution in [1.82, 2.24) is 10.2 Å². The molecule has 2 atom stereocenters. The second kappa shape index (κ2) is 5.88. The molecule has 1 aliphatic heterocycles. The smallest absolute Gasteiger partial charge is 0.148 e. The molecule has 0 aromatic rings. The largest absolute Gasteiger partial charge is 0.308 e. The maximum atomic E-state index is 11.4. The third kappa shape index (κ3) is 3.93. The first-order chi connectivity index (χ1) is 8.23. The zero-order valence-corrected chi connectivity index (χ0v) is 13.2. The second-order valence-electron chi connectivity index (χ2n) is 5.83. The minimum atomic E-state index is -2.91. The summed E-state index contributed by atoms with van der Waals surface area (Å²) in [7, 11) is -2.91. The molecule has 1 rings (SSSR count). The van der Waals surface area contributed by atoms with Gasteiger partial charge in [-0.15, -0.1) is 0 Å². The highest BCUT2D eigenvalue weighted by atomic mass is 32.2. The summed E-state index contributed by atoms with van der Waals surface area (Å²) in [6.45, 7) is 10.5. The van der Waals surface area contributed by atoms with E-state index in [2.05, 4.69) is 31.0 Å². The Morgan fingerprint density at radius 3 is 2.39 bits per heavy atom. The first-order valence-corrected chi connectivity index (χ1v) is 8.97. The van der Waals surface area contributed by atoms with Crippen LogP contribution in [-0.4, -0.2) is 56.0 Å². The average molecular weight is 276 g/mol.